The van der Waals surface area contributed by atoms with Crippen LogP contribution in [-0.4, -0.2) is 19.6 Å². The maximum absolute atomic E-state index is 6.11. The third kappa shape index (κ3) is 2.25. The number of nitrogen functional groups attached to an aromatic ring is 1. The zero-order chi connectivity index (χ0) is 14.1. The smallest absolute Gasteiger partial charge is 0.226 e. The van der Waals surface area contributed by atoms with Gasteiger partial charge in [0, 0.05) is 24.0 Å². The fourth-order valence-electron chi connectivity index (χ4n) is 1.90. The summed E-state index contributed by atoms with van der Waals surface area (Å²) in [5.41, 5.74) is 8.43. The van der Waals surface area contributed by atoms with E-state index in [1.54, 1.807) is 16.8 Å². The highest BCUT2D eigenvalue weighted by Gasteiger charge is 2.07. The summed E-state index contributed by atoms with van der Waals surface area (Å²) in [4.78, 5) is 4.25. The molecule has 102 valence electrons. The van der Waals surface area contributed by atoms with Crippen molar-refractivity contribution < 1.29 is 0 Å². The molecule has 7 heteroatoms. The van der Waals surface area contributed by atoms with Crippen molar-refractivity contribution in [3.63, 3.8) is 0 Å². The van der Waals surface area contributed by atoms with Crippen molar-refractivity contribution in [2.75, 3.05) is 11.1 Å². The Balaban J connectivity index is 1.85. The molecule has 0 atom stereocenters. The van der Waals surface area contributed by atoms with Crippen molar-refractivity contribution in [2.24, 2.45) is 0 Å². The van der Waals surface area contributed by atoms with Crippen molar-refractivity contribution in [3.8, 4) is 0 Å². The first-order valence-electron chi connectivity index (χ1n) is 6.09. The van der Waals surface area contributed by atoms with E-state index in [0.29, 0.717) is 24.0 Å². The number of aryl methyl sites for hydroxylation is 1. The summed E-state index contributed by atoms with van der Waals surface area (Å²) in [5.74, 6) is 0.970. The highest BCUT2D eigenvalue weighted by Crippen LogP contribution is 2.18. The van der Waals surface area contributed by atoms with Gasteiger partial charge < -0.3 is 11.1 Å². The standard InChI is InChI=1S/C13H13ClN6/c1-8-2-3-9(6-10(8)14)7-17-11-12-18-19-13(15)20(12)5-4-16-11/h2-6H,7H2,1H3,(H2,15,19)(H,16,17). The van der Waals surface area contributed by atoms with Crippen LogP contribution >= 0.6 is 11.6 Å². The van der Waals surface area contributed by atoms with Gasteiger partial charge in [0.1, 0.15) is 0 Å². The van der Waals surface area contributed by atoms with Gasteiger partial charge in [-0.3, -0.25) is 4.40 Å². The monoisotopic (exact) mass is 288 g/mol. The van der Waals surface area contributed by atoms with E-state index in [1.807, 2.05) is 25.1 Å². The number of nitrogens with one attached hydrogen (secondary N) is 1. The van der Waals surface area contributed by atoms with Crippen LogP contribution in [0.25, 0.3) is 5.65 Å². The average Bonchev–Trinajstić information content (AvgIpc) is 2.83. The largest absolute Gasteiger partial charge is 0.368 e. The minimum atomic E-state index is 0.337. The van der Waals surface area contributed by atoms with Gasteiger partial charge in [-0.05, 0) is 24.1 Å². The number of nitrogens with zero attached hydrogens (tertiary/aromatic N) is 4. The minimum absolute atomic E-state index is 0.337. The maximum Gasteiger partial charge on any atom is 0.226 e. The number of fused-ring (bicyclic) bond motifs is 1. The van der Waals surface area contributed by atoms with Crippen LogP contribution in [0, 0.1) is 6.92 Å². The van der Waals surface area contributed by atoms with E-state index < -0.39 is 0 Å². The van der Waals surface area contributed by atoms with E-state index in [2.05, 4.69) is 20.5 Å². The Morgan fingerprint density at radius 1 is 1.35 bits per heavy atom. The molecular formula is C13H13ClN6. The fraction of sp³-hybridized carbons (Fsp3) is 0.154. The zero-order valence-electron chi connectivity index (χ0n) is 10.8. The van der Waals surface area contributed by atoms with E-state index >= 15 is 0 Å². The molecule has 0 amide bonds. The molecule has 0 saturated carbocycles. The number of halogens is 1. The molecular weight excluding hydrogens is 276 g/mol. The second-order valence-corrected chi connectivity index (χ2v) is 4.87. The van der Waals surface area contributed by atoms with Crippen LogP contribution in [0.1, 0.15) is 11.1 Å². The number of anilines is 2. The van der Waals surface area contributed by atoms with Gasteiger partial charge in [0.15, 0.2) is 5.82 Å². The molecule has 20 heavy (non-hydrogen) atoms. The lowest BCUT2D eigenvalue weighted by Crippen LogP contribution is -2.04. The SMILES string of the molecule is Cc1ccc(CNc2nccn3c(N)nnc23)cc1Cl. The summed E-state index contributed by atoms with van der Waals surface area (Å²) < 4.78 is 1.68. The van der Waals surface area contributed by atoms with Crippen LogP contribution in [0.3, 0.4) is 0 Å². The first-order valence-corrected chi connectivity index (χ1v) is 6.47. The Labute approximate surface area is 120 Å². The summed E-state index contributed by atoms with van der Waals surface area (Å²) >= 11 is 6.11. The normalized spacial score (nSPS) is 10.9. The van der Waals surface area contributed by atoms with Crippen molar-refractivity contribution in [2.45, 2.75) is 13.5 Å². The van der Waals surface area contributed by atoms with Crippen LogP contribution < -0.4 is 11.1 Å². The molecule has 0 aliphatic rings. The number of nitrogens with two attached hydrogens (primary N) is 1. The van der Waals surface area contributed by atoms with Crippen molar-refractivity contribution >= 4 is 29.0 Å². The fourth-order valence-corrected chi connectivity index (χ4v) is 2.10. The number of benzene rings is 1. The topological polar surface area (TPSA) is 81.1 Å². The second kappa shape index (κ2) is 4.97. The van der Waals surface area contributed by atoms with Crippen molar-refractivity contribution in [3.05, 3.63) is 46.7 Å². The molecule has 0 bridgehead atoms. The molecule has 0 saturated heterocycles. The van der Waals surface area contributed by atoms with Gasteiger partial charge in [-0.15, -0.1) is 10.2 Å². The van der Waals surface area contributed by atoms with Gasteiger partial charge in [-0.2, -0.15) is 0 Å². The Kier molecular flexibility index (Phi) is 3.15. The lowest BCUT2D eigenvalue weighted by atomic mass is 10.1. The summed E-state index contributed by atoms with van der Waals surface area (Å²) in [7, 11) is 0. The molecule has 3 N–H and O–H groups in total. The second-order valence-electron chi connectivity index (χ2n) is 4.46. The predicted molar refractivity (Wildman–Crippen MR) is 78.7 cm³/mol. The van der Waals surface area contributed by atoms with Crippen molar-refractivity contribution in [1.82, 2.24) is 19.6 Å². The molecule has 6 nitrogen and oxygen atoms in total. The first kappa shape index (κ1) is 12.7. The number of aromatic nitrogens is 4. The lowest BCUT2D eigenvalue weighted by Gasteiger charge is -2.07. The Morgan fingerprint density at radius 3 is 3.00 bits per heavy atom. The first-order chi connectivity index (χ1) is 9.65. The highest BCUT2D eigenvalue weighted by atomic mass is 35.5. The maximum atomic E-state index is 6.11. The molecule has 0 radical (unpaired) electrons. The van der Waals surface area contributed by atoms with Crippen LogP contribution in [0.4, 0.5) is 11.8 Å². The van der Waals surface area contributed by atoms with Gasteiger partial charge >= 0.3 is 0 Å². The van der Waals surface area contributed by atoms with Gasteiger partial charge in [-0.1, -0.05) is 23.7 Å². The zero-order valence-corrected chi connectivity index (χ0v) is 11.6. The van der Waals surface area contributed by atoms with Gasteiger partial charge in [0.2, 0.25) is 11.6 Å². The Morgan fingerprint density at radius 2 is 2.20 bits per heavy atom. The molecule has 3 rings (SSSR count). The van der Waals surface area contributed by atoms with Crippen LogP contribution in [0.15, 0.2) is 30.6 Å². The minimum Gasteiger partial charge on any atom is -0.368 e. The molecule has 2 aromatic heterocycles. The molecule has 2 heterocycles. The van der Waals surface area contributed by atoms with Crippen molar-refractivity contribution in [1.29, 1.82) is 0 Å². The predicted octanol–water partition coefficient (Wildman–Crippen LogP) is 2.28. The highest BCUT2D eigenvalue weighted by molar-refractivity contribution is 6.31. The average molecular weight is 289 g/mol. The Hall–Kier alpha value is -2.34. The van der Waals surface area contributed by atoms with E-state index in [1.165, 1.54) is 0 Å². The molecule has 0 unspecified atom stereocenters. The molecule has 3 aromatic rings. The molecule has 0 fully saturated rings. The van der Waals surface area contributed by atoms with Crippen LogP contribution in [0.2, 0.25) is 5.02 Å². The van der Waals surface area contributed by atoms with Gasteiger partial charge in [0.25, 0.3) is 0 Å². The van der Waals surface area contributed by atoms with Crippen LogP contribution in [-0.2, 0) is 6.54 Å². The summed E-state index contributed by atoms with van der Waals surface area (Å²) in [5, 5.41) is 11.8. The third-order valence-electron chi connectivity index (χ3n) is 3.05. The number of hydrogen-bond acceptors (Lipinski definition) is 5. The molecule has 0 spiro atoms. The molecule has 0 aliphatic carbocycles. The quantitative estimate of drug-likeness (QED) is 0.773. The molecule has 1 aromatic carbocycles. The Bertz CT molecular complexity index is 767. The van der Waals surface area contributed by atoms with E-state index in [9.17, 15) is 0 Å². The van der Waals surface area contributed by atoms with E-state index in [4.69, 9.17) is 17.3 Å². The van der Waals surface area contributed by atoms with E-state index in [-0.39, 0.29) is 0 Å². The molecule has 0 aliphatic heterocycles. The number of rotatable bonds is 3. The summed E-state index contributed by atoms with van der Waals surface area (Å²) in [6, 6.07) is 5.94. The summed E-state index contributed by atoms with van der Waals surface area (Å²) in [6.07, 6.45) is 3.37. The number of hydrogen-bond donors (Lipinski definition) is 2. The lowest BCUT2D eigenvalue weighted by molar-refractivity contribution is 1.07. The van der Waals surface area contributed by atoms with Gasteiger partial charge in [-0.25, -0.2) is 4.98 Å². The van der Waals surface area contributed by atoms with Crippen LogP contribution in [0.5, 0.6) is 0 Å². The summed E-state index contributed by atoms with van der Waals surface area (Å²) in [6.45, 7) is 2.57. The van der Waals surface area contributed by atoms with E-state index in [0.717, 1.165) is 16.1 Å². The third-order valence-corrected chi connectivity index (χ3v) is 3.46. The van der Waals surface area contributed by atoms with Gasteiger partial charge in [0.05, 0.1) is 0 Å².